The van der Waals surface area contributed by atoms with E-state index >= 15 is 0 Å². The zero-order valence-electron chi connectivity index (χ0n) is 12.2. The molecular formula is C14H12ClF3N4OS. The van der Waals surface area contributed by atoms with Crippen LogP contribution >= 0.6 is 23.4 Å². The van der Waals surface area contributed by atoms with Crippen LogP contribution in [0.5, 0.6) is 0 Å². The van der Waals surface area contributed by atoms with Crippen LogP contribution in [0.25, 0.3) is 5.69 Å². The van der Waals surface area contributed by atoms with Crippen molar-refractivity contribution in [3.05, 3.63) is 41.2 Å². The van der Waals surface area contributed by atoms with Gasteiger partial charge in [0, 0.05) is 17.3 Å². The largest absolute Gasteiger partial charge is 0.435 e. The third kappa shape index (κ3) is 3.46. The van der Waals surface area contributed by atoms with Crippen LogP contribution in [0.4, 0.5) is 23.7 Å². The highest BCUT2D eigenvalue weighted by atomic mass is 35.5. The van der Waals surface area contributed by atoms with E-state index in [1.165, 1.54) is 29.2 Å². The highest BCUT2D eigenvalue weighted by Crippen LogP contribution is 2.36. The first-order valence-corrected chi connectivity index (χ1v) is 8.44. The second-order valence-electron chi connectivity index (χ2n) is 5.02. The molecule has 5 nitrogen and oxygen atoms in total. The Balaban J connectivity index is 1.95. The molecule has 128 valence electrons. The third-order valence-corrected chi connectivity index (χ3v) is 4.61. The number of nitrogens with zero attached hydrogens (tertiary/aromatic N) is 3. The second-order valence-corrected chi connectivity index (χ2v) is 6.53. The molecule has 2 amide bonds. The van der Waals surface area contributed by atoms with Gasteiger partial charge in [0.15, 0.2) is 5.69 Å². The van der Waals surface area contributed by atoms with Crippen molar-refractivity contribution in [1.82, 2.24) is 14.7 Å². The van der Waals surface area contributed by atoms with Crippen LogP contribution < -0.4 is 5.32 Å². The van der Waals surface area contributed by atoms with Crippen LogP contribution in [0.3, 0.4) is 0 Å². The second kappa shape index (κ2) is 6.56. The topological polar surface area (TPSA) is 50.2 Å². The van der Waals surface area contributed by atoms with Crippen molar-refractivity contribution in [2.45, 2.75) is 6.18 Å². The minimum Gasteiger partial charge on any atom is -0.314 e. The molecule has 0 radical (unpaired) electrons. The lowest BCUT2D eigenvalue weighted by Gasteiger charge is -2.17. The van der Waals surface area contributed by atoms with Gasteiger partial charge in [-0.15, -0.1) is 11.8 Å². The van der Waals surface area contributed by atoms with E-state index in [-0.39, 0.29) is 11.4 Å². The highest BCUT2D eigenvalue weighted by molar-refractivity contribution is 7.99. The Kier molecular flexibility index (Phi) is 4.64. The molecule has 1 fully saturated rings. The first-order valence-electron chi connectivity index (χ1n) is 6.91. The van der Waals surface area contributed by atoms with Gasteiger partial charge in [-0.1, -0.05) is 11.6 Å². The summed E-state index contributed by atoms with van der Waals surface area (Å²) in [7, 11) is 0. The number of urea groups is 1. The zero-order valence-corrected chi connectivity index (χ0v) is 13.8. The Bertz CT molecular complexity index is 741. The standard InChI is InChI=1S/C14H12ClF3N4OS/c15-9-1-3-10(4-2-9)22-12(14(16,17)18)11(7-19-22)20-13(23)21-5-6-24-8-21/h1-4,7H,5-6,8H2,(H,20,23). The molecule has 1 saturated heterocycles. The van der Waals surface area contributed by atoms with Gasteiger partial charge in [0.1, 0.15) is 0 Å². The van der Waals surface area contributed by atoms with E-state index in [1.807, 2.05) is 0 Å². The molecule has 24 heavy (non-hydrogen) atoms. The number of rotatable bonds is 2. The van der Waals surface area contributed by atoms with E-state index in [0.29, 0.717) is 17.4 Å². The molecule has 3 rings (SSSR count). The number of amides is 2. The minimum atomic E-state index is -4.68. The van der Waals surface area contributed by atoms with Gasteiger partial charge in [0.05, 0.1) is 23.4 Å². The fourth-order valence-electron chi connectivity index (χ4n) is 2.26. The Morgan fingerprint density at radius 3 is 2.58 bits per heavy atom. The van der Waals surface area contributed by atoms with Gasteiger partial charge in [-0.25, -0.2) is 9.48 Å². The SMILES string of the molecule is O=C(Nc1cnn(-c2ccc(Cl)cc2)c1C(F)(F)F)N1CCSC1. The highest BCUT2D eigenvalue weighted by Gasteiger charge is 2.39. The number of aromatic nitrogens is 2. The number of anilines is 1. The van der Waals surface area contributed by atoms with Crippen molar-refractivity contribution >= 4 is 35.1 Å². The molecule has 1 N–H and O–H groups in total. The maximum atomic E-state index is 13.5. The van der Waals surface area contributed by atoms with Crippen LogP contribution in [0.2, 0.25) is 5.02 Å². The average Bonchev–Trinajstić information content (AvgIpc) is 3.16. The molecule has 0 saturated carbocycles. The molecule has 0 spiro atoms. The predicted molar refractivity (Wildman–Crippen MR) is 86.6 cm³/mol. The predicted octanol–water partition coefficient (Wildman–Crippen LogP) is 4.08. The van der Waals surface area contributed by atoms with E-state index < -0.39 is 17.9 Å². The molecule has 1 aromatic carbocycles. The van der Waals surface area contributed by atoms with Crippen molar-refractivity contribution in [2.24, 2.45) is 0 Å². The van der Waals surface area contributed by atoms with E-state index in [1.54, 1.807) is 11.8 Å². The fourth-order valence-corrected chi connectivity index (χ4v) is 3.33. The van der Waals surface area contributed by atoms with Crippen LogP contribution in [-0.2, 0) is 6.18 Å². The van der Waals surface area contributed by atoms with Gasteiger partial charge in [-0.05, 0) is 24.3 Å². The number of hydrogen-bond donors (Lipinski definition) is 1. The number of carbonyl (C=O) groups excluding carboxylic acids is 1. The summed E-state index contributed by atoms with van der Waals surface area (Å²) in [5, 5.41) is 6.48. The molecule has 1 aliphatic heterocycles. The van der Waals surface area contributed by atoms with Crippen LogP contribution in [0, 0.1) is 0 Å². The summed E-state index contributed by atoms with van der Waals surface area (Å²) >= 11 is 7.30. The van der Waals surface area contributed by atoms with Crippen molar-refractivity contribution < 1.29 is 18.0 Å². The normalized spacial score (nSPS) is 14.9. The van der Waals surface area contributed by atoms with Crippen molar-refractivity contribution in [3.63, 3.8) is 0 Å². The molecular weight excluding hydrogens is 365 g/mol. The lowest BCUT2D eigenvalue weighted by Crippen LogP contribution is -2.33. The van der Waals surface area contributed by atoms with E-state index in [0.717, 1.165) is 16.6 Å². The van der Waals surface area contributed by atoms with Gasteiger partial charge < -0.3 is 10.2 Å². The Morgan fingerprint density at radius 2 is 2.00 bits per heavy atom. The number of nitrogens with one attached hydrogen (secondary N) is 1. The number of alkyl halides is 3. The molecule has 2 heterocycles. The first-order chi connectivity index (χ1) is 11.4. The fraction of sp³-hybridized carbons (Fsp3) is 0.286. The molecule has 2 aromatic rings. The Labute approximate surface area is 144 Å². The van der Waals surface area contributed by atoms with E-state index in [9.17, 15) is 18.0 Å². The number of hydrogen-bond acceptors (Lipinski definition) is 3. The molecule has 0 atom stereocenters. The summed E-state index contributed by atoms with van der Waals surface area (Å²) in [6, 6.07) is 5.22. The average molecular weight is 377 g/mol. The molecule has 1 aliphatic rings. The molecule has 1 aromatic heterocycles. The molecule has 0 bridgehead atoms. The van der Waals surface area contributed by atoms with Crippen molar-refractivity contribution in [3.8, 4) is 5.69 Å². The number of halogens is 4. The Morgan fingerprint density at radius 1 is 1.29 bits per heavy atom. The van der Waals surface area contributed by atoms with Crippen molar-refractivity contribution in [1.29, 1.82) is 0 Å². The minimum absolute atomic E-state index is 0.198. The molecule has 10 heteroatoms. The monoisotopic (exact) mass is 376 g/mol. The van der Waals surface area contributed by atoms with Gasteiger partial charge in [0.25, 0.3) is 0 Å². The van der Waals surface area contributed by atoms with Gasteiger partial charge >= 0.3 is 12.2 Å². The number of carbonyl (C=O) groups is 1. The van der Waals surface area contributed by atoms with Gasteiger partial charge in [-0.2, -0.15) is 18.3 Å². The zero-order chi connectivity index (χ0) is 17.3. The summed E-state index contributed by atoms with van der Waals surface area (Å²) < 4.78 is 41.2. The van der Waals surface area contributed by atoms with Crippen LogP contribution in [0.1, 0.15) is 5.69 Å². The number of benzene rings is 1. The molecule has 0 unspecified atom stereocenters. The summed E-state index contributed by atoms with van der Waals surface area (Å²) in [6.07, 6.45) is -3.68. The Hall–Kier alpha value is -1.87. The maximum Gasteiger partial charge on any atom is 0.435 e. The lowest BCUT2D eigenvalue weighted by atomic mass is 10.3. The first kappa shape index (κ1) is 17.0. The smallest absolute Gasteiger partial charge is 0.314 e. The number of thioether (sulfide) groups is 1. The summed E-state index contributed by atoms with van der Waals surface area (Å²) in [5.74, 6) is 1.22. The maximum absolute atomic E-state index is 13.5. The van der Waals surface area contributed by atoms with Crippen LogP contribution in [-0.4, -0.2) is 38.9 Å². The van der Waals surface area contributed by atoms with Crippen LogP contribution in [0.15, 0.2) is 30.5 Å². The molecule has 0 aliphatic carbocycles. The summed E-state index contributed by atoms with van der Waals surface area (Å²) in [4.78, 5) is 13.5. The lowest BCUT2D eigenvalue weighted by molar-refractivity contribution is -0.142. The van der Waals surface area contributed by atoms with Gasteiger partial charge in [0.2, 0.25) is 0 Å². The van der Waals surface area contributed by atoms with E-state index in [4.69, 9.17) is 11.6 Å². The van der Waals surface area contributed by atoms with Gasteiger partial charge in [-0.3, -0.25) is 0 Å². The van der Waals surface area contributed by atoms with E-state index in [2.05, 4.69) is 10.4 Å². The summed E-state index contributed by atoms with van der Waals surface area (Å²) in [6.45, 7) is 0.503. The van der Waals surface area contributed by atoms with Crippen molar-refractivity contribution in [2.75, 3.05) is 23.5 Å². The third-order valence-electron chi connectivity index (χ3n) is 3.39. The summed E-state index contributed by atoms with van der Waals surface area (Å²) in [5.41, 5.74) is -1.21. The quantitative estimate of drug-likeness (QED) is 0.859.